The molecular formula is C28H28ClF3N6O2. The molecule has 40 heavy (non-hydrogen) atoms. The summed E-state index contributed by atoms with van der Waals surface area (Å²) in [5.74, 6) is -0.876. The molecule has 1 aromatic carbocycles. The highest BCUT2D eigenvalue weighted by molar-refractivity contribution is 6.30. The molecule has 12 heteroatoms. The van der Waals surface area contributed by atoms with Crippen LogP contribution in [-0.2, 0) is 17.3 Å². The topological polar surface area (TPSA) is 83.4 Å². The lowest BCUT2D eigenvalue weighted by Gasteiger charge is -2.47. The van der Waals surface area contributed by atoms with Gasteiger partial charge < -0.3 is 15.1 Å². The summed E-state index contributed by atoms with van der Waals surface area (Å²) < 4.78 is 42.7. The Bertz CT molecular complexity index is 1470. The van der Waals surface area contributed by atoms with E-state index in [0.717, 1.165) is 30.3 Å². The van der Waals surface area contributed by atoms with Crippen molar-refractivity contribution in [2.24, 2.45) is 13.0 Å². The maximum atomic E-state index is 14.3. The predicted octanol–water partition coefficient (Wildman–Crippen LogP) is 4.64. The van der Waals surface area contributed by atoms with Crippen molar-refractivity contribution >= 4 is 34.8 Å². The van der Waals surface area contributed by atoms with E-state index in [2.05, 4.69) is 20.3 Å². The lowest BCUT2D eigenvalue weighted by Crippen LogP contribution is -2.64. The number of aryl methyl sites for hydroxylation is 1. The number of carbonyl (C=O) groups is 2. The van der Waals surface area contributed by atoms with E-state index in [1.165, 1.54) is 18.2 Å². The Hall–Kier alpha value is -3.60. The van der Waals surface area contributed by atoms with Crippen molar-refractivity contribution in [3.8, 4) is 0 Å². The number of benzene rings is 1. The minimum atomic E-state index is -2.89. The Morgan fingerprint density at radius 1 is 1.18 bits per heavy atom. The van der Waals surface area contributed by atoms with Crippen molar-refractivity contribution in [1.29, 1.82) is 0 Å². The van der Waals surface area contributed by atoms with Crippen molar-refractivity contribution in [2.45, 2.75) is 43.6 Å². The van der Waals surface area contributed by atoms with Crippen LogP contribution in [0.2, 0.25) is 5.02 Å². The number of nitrogens with one attached hydrogen (secondary N) is 1. The molecule has 1 N–H and O–H groups in total. The van der Waals surface area contributed by atoms with Gasteiger partial charge in [0.1, 0.15) is 16.9 Å². The molecule has 1 saturated carbocycles. The van der Waals surface area contributed by atoms with Crippen molar-refractivity contribution in [3.63, 3.8) is 0 Å². The third kappa shape index (κ3) is 4.59. The molecule has 1 saturated heterocycles. The van der Waals surface area contributed by atoms with Gasteiger partial charge in [-0.15, -0.1) is 0 Å². The van der Waals surface area contributed by atoms with Gasteiger partial charge in [0.2, 0.25) is 5.91 Å². The second kappa shape index (κ2) is 10.1. The summed E-state index contributed by atoms with van der Waals surface area (Å²) in [7, 11) is 1.84. The fourth-order valence-corrected chi connectivity index (χ4v) is 6.44. The lowest BCUT2D eigenvalue weighted by molar-refractivity contribution is -0.124. The zero-order chi connectivity index (χ0) is 28.2. The number of hydrogen-bond donors (Lipinski definition) is 1. The van der Waals surface area contributed by atoms with Crippen molar-refractivity contribution < 1.29 is 22.8 Å². The van der Waals surface area contributed by atoms with E-state index in [4.69, 9.17) is 11.6 Å². The number of amides is 2. The van der Waals surface area contributed by atoms with E-state index < -0.39 is 23.4 Å². The van der Waals surface area contributed by atoms with Crippen LogP contribution in [0.1, 0.15) is 53.7 Å². The van der Waals surface area contributed by atoms with Gasteiger partial charge in [-0.1, -0.05) is 17.7 Å². The molecule has 0 unspecified atom stereocenters. The van der Waals surface area contributed by atoms with E-state index in [0.29, 0.717) is 38.2 Å². The second-order valence-corrected chi connectivity index (χ2v) is 11.4. The fraction of sp³-hybridized carbons (Fsp3) is 0.429. The maximum Gasteiger partial charge on any atom is 0.281 e. The number of aromatic nitrogens is 3. The molecule has 2 fully saturated rings. The van der Waals surface area contributed by atoms with Crippen molar-refractivity contribution in [2.75, 3.05) is 29.4 Å². The Labute approximate surface area is 234 Å². The molecule has 1 spiro atoms. The first-order valence-electron chi connectivity index (χ1n) is 13.2. The van der Waals surface area contributed by atoms with Gasteiger partial charge in [-0.05, 0) is 55.4 Å². The molecule has 0 bridgehead atoms. The number of fused-ring (bicyclic) bond motifs is 2. The van der Waals surface area contributed by atoms with E-state index in [1.54, 1.807) is 21.8 Å². The monoisotopic (exact) mass is 572 g/mol. The largest absolute Gasteiger partial charge is 0.366 e. The molecular weight excluding hydrogens is 545 g/mol. The minimum Gasteiger partial charge on any atom is -0.366 e. The number of nitrogens with zero attached hydrogens (tertiary/aromatic N) is 5. The standard InChI is InChI=1S/C28H28ClF3N6O2/c1-36-13-20(11-34-36)37-14-28(15-37)22-7-4-18(30)9-23(22)38(27(28)40)12-16-2-5-19(6-3-16)35-26(39)21-8-17(29)10-33-24(21)25(31)32/h4,7-11,13,16,19,25H,2-3,5-6,12,14-15H2,1H3,(H,35,39)/t16-,19-. The Morgan fingerprint density at radius 2 is 1.93 bits per heavy atom. The van der Waals surface area contributed by atoms with E-state index in [1.807, 2.05) is 13.2 Å². The summed E-state index contributed by atoms with van der Waals surface area (Å²) in [6, 6.07) is 5.59. The van der Waals surface area contributed by atoms with Gasteiger partial charge in [0.15, 0.2) is 0 Å². The highest BCUT2D eigenvalue weighted by Gasteiger charge is 2.58. The Balaban J connectivity index is 1.11. The summed E-state index contributed by atoms with van der Waals surface area (Å²) in [4.78, 5) is 34.1. The number of anilines is 2. The molecule has 6 rings (SSSR count). The van der Waals surface area contributed by atoms with Gasteiger partial charge in [-0.3, -0.25) is 19.3 Å². The minimum absolute atomic E-state index is 0.0170. The molecule has 2 aliphatic heterocycles. The SMILES string of the molecule is Cn1cc(N2CC3(C2)C(=O)N(C[C@H]2CC[C@H](NC(=O)c4cc(Cl)cnc4C(F)F)CC2)c2cc(F)ccc23)cn1. The molecule has 8 nitrogen and oxygen atoms in total. The first-order valence-corrected chi connectivity index (χ1v) is 13.6. The third-order valence-corrected chi connectivity index (χ3v) is 8.56. The van der Waals surface area contributed by atoms with Gasteiger partial charge in [0.25, 0.3) is 12.3 Å². The van der Waals surface area contributed by atoms with Gasteiger partial charge >= 0.3 is 0 Å². The quantitative estimate of drug-likeness (QED) is 0.465. The van der Waals surface area contributed by atoms with E-state index in [-0.39, 0.29) is 34.3 Å². The number of alkyl halides is 2. The molecule has 3 aliphatic rings. The number of halogens is 4. The Morgan fingerprint density at radius 3 is 2.60 bits per heavy atom. The van der Waals surface area contributed by atoms with Crippen LogP contribution in [-0.4, -0.2) is 52.3 Å². The van der Waals surface area contributed by atoms with Crippen LogP contribution in [0.25, 0.3) is 0 Å². The first kappa shape index (κ1) is 26.6. The van der Waals surface area contributed by atoms with Crippen molar-refractivity contribution in [3.05, 3.63) is 70.5 Å². The van der Waals surface area contributed by atoms with Crippen LogP contribution in [0.3, 0.4) is 0 Å². The van der Waals surface area contributed by atoms with Crippen LogP contribution in [0.15, 0.2) is 42.9 Å². The molecule has 0 radical (unpaired) electrons. The fourth-order valence-electron chi connectivity index (χ4n) is 6.28. The van der Waals surface area contributed by atoms with Crippen molar-refractivity contribution in [1.82, 2.24) is 20.1 Å². The van der Waals surface area contributed by atoms with Crippen LogP contribution >= 0.6 is 11.6 Å². The van der Waals surface area contributed by atoms with Gasteiger partial charge in [0, 0.05) is 45.1 Å². The predicted molar refractivity (Wildman–Crippen MR) is 143 cm³/mol. The second-order valence-electron chi connectivity index (χ2n) is 11.0. The zero-order valence-electron chi connectivity index (χ0n) is 21.8. The van der Waals surface area contributed by atoms with Gasteiger partial charge in [-0.2, -0.15) is 5.10 Å². The lowest BCUT2D eigenvalue weighted by atomic mass is 9.74. The normalized spacial score (nSPS) is 21.6. The number of rotatable bonds is 6. The summed E-state index contributed by atoms with van der Waals surface area (Å²) in [5.41, 5.74) is 0.886. The van der Waals surface area contributed by atoms with E-state index in [9.17, 15) is 22.8 Å². The molecule has 2 amide bonds. The maximum absolute atomic E-state index is 14.3. The molecule has 2 aromatic heterocycles. The highest BCUT2D eigenvalue weighted by Crippen LogP contribution is 2.49. The van der Waals surface area contributed by atoms with Crippen LogP contribution in [0.5, 0.6) is 0 Å². The molecule has 0 atom stereocenters. The molecule has 210 valence electrons. The zero-order valence-corrected chi connectivity index (χ0v) is 22.5. The summed E-state index contributed by atoms with van der Waals surface area (Å²) in [6.45, 7) is 1.47. The average molecular weight is 573 g/mol. The van der Waals surface area contributed by atoms with Gasteiger partial charge in [0.05, 0.1) is 28.2 Å². The Kier molecular flexibility index (Phi) is 6.72. The number of carbonyl (C=O) groups excluding carboxylic acids is 2. The summed E-state index contributed by atoms with van der Waals surface area (Å²) in [6.07, 6.45) is 4.59. The summed E-state index contributed by atoms with van der Waals surface area (Å²) in [5, 5.41) is 7.17. The molecule has 4 heterocycles. The van der Waals surface area contributed by atoms with Crippen LogP contribution in [0.4, 0.5) is 24.5 Å². The highest BCUT2D eigenvalue weighted by atomic mass is 35.5. The number of pyridine rings is 1. The molecule has 1 aliphatic carbocycles. The van der Waals surface area contributed by atoms with Gasteiger partial charge in [-0.25, -0.2) is 13.2 Å². The van der Waals surface area contributed by atoms with E-state index >= 15 is 0 Å². The summed E-state index contributed by atoms with van der Waals surface area (Å²) >= 11 is 5.89. The average Bonchev–Trinajstić information content (AvgIpc) is 3.42. The van der Waals surface area contributed by atoms with Crippen LogP contribution < -0.4 is 15.1 Å². The first-order chi connectivity index (χ1) is 19.1. The molecule has 3 aromatic rings. The number of hydrogen-bond acceptors (Lipinski definition) is 5. The third-order valence-electron chi connectivity index (χ3n) is 8.36. The van der Waals surface area contributed by atoms with Crippen LogP contribution in [0, 0.1) is 11.7 Å². The smallest absolute Gasteiger partial charge is 0.281 e.